The Labute approximate surface area is 136 Å². The summed E-state index contributed by atoms with van der Waals surface area (Å²) in [5.41, 5.74) is 0.732. The minimum absolute atomic E-state index is 0.128. The van der Waals surface area contributed by atoms with E-state index < -0.39 is 17.9 Å². The zero-order valence-corrected chi connectivity index (χ0v) is 13.7. The van der Waals surface area contributed by atoms with E-state index in [1.807, 2.05) is 25.1 Å². The van der Waals surface area contributed by atoms with Crippen molar-refractivity contribution >= 4 is 5.97 Å². The van der Waals surface area contributed by atoms with Crippen molar-refractivity contribution in [2.45, 2.75) is 50.5 Å². The highest BCUT2D eigenvalue weighted by Crippen LogP contribution is 2.49. The number of carbonyl (C=O) groups excluding carboxylic acids is 1. The van der Waals surface area contributed by atoms with Crippen LogP contribution in [0.25, 0.3) is 0 Å². The first-order valence-electron chi connectivity index (χ1n) is 7.96. The van der Waals surface area contributed by atoms with Gasteiger partial charge in [0.15, 0.2) is 12.4 Å². The Morgan fingerprint density at radius 1 is 1.35 bits per heavy atom. The molecule has 0 bridgehead atoms. The van der Waals surface area contributed by atoms with Crippen molar-refractivity contribution in [2.75, 3.05) is 13.7 Å². The first-order chi connectivity index (χ1) is 11.1. The zero-order chi connectivity index (χ0) is 16.4. The molecule has 2 heterocycles. The topological polar surface area (TPSA) is 57.2 Å². The molecule has 0 N–H and O–H groups in total. The van der Waals surface area contributed by atoms with E-state index in [9.17, 15) is 4.79 Å². The first kappa shape index (κ1) is 16.4. The number of benzene rings is 1. The molecule has 0 aromatic heterocycles. The molecule has 4 atom stereocenters. The lowest BCUT2D eigenvalue weighted by Crippen LogP contribution is -2.53. The average Bonchev–Trinajstić information content (AvgIpc) is 2.92. The molecule has 6 heteroatoms. The summed E-state index contributed by atoms with van der Waals surface area (Å²) in [7, 11) is 1.36. The highest BCUT2D eigenvalue weighted by atomic mass is 17.0. The van der Waals surface area contributed by atoms with Crippen LogP contribution in [0.5, 0.6) is 0 Å². The molecule has 4 unspecified atom stereocenters. The van der Waals surface area contributed by atoms with Gasteiger partial charge in [-0.3, -0.25) is 4.84 Å². The molecule has 126 valence electrons. The number of ether oxygens (including phenoxy) is 2. The molecular weight excluding hydrogens is 298 g/mol. The fourth-order valence-corrected chi connectivity index (χ4v) is 3.46. The zero-order valence-electron chi connectivity index (χ0n) is 13.7. The van der Waals surface area contributed by atoms with E-state index in [1.54, 1.807) is 0 Å². The molecule has 1 aromatic rings. The monoisotopic (exact) mass is 321 g/mol. The Kier molecular flexibility index (Phi) is 4.68. The van der Waals surface area contributed by atoms with Gasteiger partial charge in [-0.1, -0.05) is 35.6 Å². The lowest BCUT2D eigenvalue weighted by atomic mass is 9.75. The van der Waals surface area contributed by atoms with Crippen LogP contribution in [0.4, 0.5) is 0 Å². The van der Waals surface area contributed by atoms with Crippen molar-refractivity contribution < 1.29 is 23.9 Å². The Balaban J connectivity index is 1.91. The van der Waals surface area contributed by atoms with Gasteiger partial charge >= 0.3 is 5.97 Å². The minimum atomic E-state index is -0.656. The van der Waals surface area contributed by atoms with Crippen molar-refractivity contribution in [3.63, 3.8) is 0 Å². The van der Waals surface area contributed by atoms with Crippen LogP contribution < -0.4 is 0 Å². The third kappa shape index (κ3) is 2.99. The summed E-state index contributed by atoms with van der Waals surface area (Å²) in [6, 6.07) is 10.2. The molecule has 0 aliphatic carbocycles. The average molecular weight is 321 g/mol. The molecule has 23 heavy (non-hydrogen) atoms. The number of hydrogen-bond donors (Lipinski definition) is 0. The fourth-order valence-electron chi connectivity index (χ4n) is 3.46. The molecule has 3 rings (SSSR count). The van der Waals surface area contributed by atoms with E-state index in [-0.39, 0.29) is 11.9 Å². The number of hydrogen-bond acceptors (Lipinski definition) is 6. The maximum absolute atomic E-state index is 11.9. The van der Waals surface area contributed by atoms with Crippen LogP contribution in [0.3, 0.4) is 0 Å². The molecule has 0 radical (unpaired) electrons. The van der Waals surface area contributed by atoms with E-state index in [4.69, 9.17) is 19.1 Å². The SMILES string of the molecule is CCOC1CC(c2ccccc2)C2(C)CC(C(=O)OC)ON2O1. The molecule has 2 aliphatic heterocycles. The van der Waals surface area contributed by atoms with Crippen molar-refractivity contribution in [3.8, 4) is 0 Å². The number of rotatable bonds is 4. The maximum atomic E-state index is 11.9. The van der Waals surface area contributed by atoms with Crippen LogP contribution in [0.2, 0.25) is 0 Å². The standard InChI is InChI=1S/C17H23NO5/c1-4-21-15-10-13(12-8-6-5-7-9-12)17(2)11-14(16(19)20-3)22-18(17)23-15/h5-9,13-15H,4,10-11H2,1-3H3. The number of carbonyl (C=O) groups is 1. The number of fused-ring (bicyclic) bond motifs is 1. The van der Waals surface area contributed by atoms with Crippen LogP contribution in [0.15, 0.2) is 30.3 Å². The predicted octanol–water partition coefficient (Wildman–Crippen LogP) is 2.41. The van der Waals surface area contributed by atoms with Crippen molar-refractivity contribution in [1.29, 1.82) is 0 Å². The Hall–Kier alpha value is -1.47. The van der Waals surface area contributed by atoms with E-state index in [2.05, 4.69) is 19.1 Å². The number of hydroxylamine groups is 2. The van der Waals surface area contributed by atoms with Gasteiger partial charge in [0.2, 0.25) is 0 Å². The molecule has 2 fully saturated rings. The largest absolute Gasteiger partial charge is 0.467 e. The molecule has 0 saturated carbocycles. The number of methoxy groups -OCH3 is 1. The van der Waals surface area contributed by atoms with Gasteiger partial charge in [-0.25, -0.2) is 9.63 Å². The lowest BCUT2D eigenvalue weighted by molar-refractivity contribution is -0.453. The quantitative estimate of drug-likeness (QED) is 0.794. The van der Waals surface area contributed by atoms with Crippen molar-refractivity contribution in [1.82, 2.24) is 5.23 Å². The van der Waals surface area contributed by atoms with Gasteiger partial charge in [0.25, 0.3) is 0 Å². The molecule has 6 nitrogen and oxygen atoms in total. The minimum Gasteiger partial charge on any atom is -0.467 e. The highest BCUT2D eigenvalue weighted by Gasteiger charge is 2.56. The van der Waals surface area contributed by atoms with Crippen molar-refractivity contribution in [2.24, 2.45) is 0 Å². The predicted molar refractivity (Wildman–Crippen MR) is 82.0 cm³/mol. The Morgan fingerprint density at radius 3 is 2.74 bits per heavy atom. The van der Waals surface area contributed by atoms with E-state index in [0.29, 0.717) is 19.4 Å². The van der Waals surface area contributed by atoms with Gasteiger partial charge in [-0.15, -0.1) is 0 Å². The first-order valence-corrected chi connectivity index (χ1v) is 7.96. The van der Waals surface area contributed by atoms with Crippen molar-refractivity contribution in [3.05, 3.63) is 35.9 Å². The van der Waals surface area contributed by atoms with E-state index in [0.717, 1.165) is 0 Å². The van der Waals surface area contributed by atoms with Crippen LogP contribution in [0.1, 0.15) is 38.2 Å². The summed E-state index contributed by atoms with van der Waals surface area (Å²) in [4.78, 5) is 23.4. The van der Waals surface area contributed by atoms with Gasteiger partial charge in [-0.2, -0.15) is 0 Å². The normalized spacial score (nSPS) is 34.1. The molecule has 2 aliphatic rings. The molecule has 0 spiro atoms. The van der Waals surface area contributed by atoms with Gasteiger partial charge in [0, 0.05) is 25.4 Å². The third-order valence-corrected chi connectivity index (χ3v) is 4.65. The van der Waals surface area contributed by atoms with Crippen LogP contribution >= 0.6 is 0 Å². The van der Waals surface area contributed by atoms with E-state index in [1.165, 1.54) is 17.9 Å². The molecule has 0 amide bonds. The van der Waals surface area contributed by atoms with Crippen LogP contribution in [-0.2, 0) is 23.9 Å². The van der Waals surface area contributed by atoms with Gasteiger partial charge in [-0.05, 0) is 19.4 Å². The second-order valence-corrected chi connectivity index (χ2v) is 6.12. The van der Waals surface area contributed by atoms with Gasteiger partial charge in [0.1, 0.15) is 0 Å². The molecular formula is C17H23NO5. The molecule has 1 aromatic carbocycles. The third-order valence-electron chi connectivity index (χ3n) is 4.65. The second-order valence-electron chi connectivity index (χ2n) is 6.12. The maximum Gasteiger partial charge on any atom is 0.337 e. The second kappa shape index (κ2) is 6.57. The number of nitrogens with zero attached hydrogens (tertiary/aromatic N) is 1. The van der Waals surface area contributed by atoms with E-state index >= 15 is 0 Å². The smallest absolute Gasteiger partial charge is 0.337 e. The lowest BCUT2D eigenvalue weighted by Gasteiger charge is -2.45. The summed E-state index contributed by atoms with van der Waals surface area (Å²) in [6.45, 7) is 4.53. The summed E-state index contributed by atoms with van der Waals surface area (Å²) < 4.78 is 10.5. The summed E-state index contributed by atoms with van der Waals surface area (Å²) in [5.74, 6) is -0.257. The Morgan fingerprint density at radius 2 is 2.09 bits per heavy atom. The van der Waals surface area contributed by atoms with Crippen LogP contribution in [0, 0.1) is 0 Å². The highest BCUT2D eigenvalue weighted by molar-refractivity contribution is 5.75. The molecule has 2 saturated heterocycles. The Bertz CT molecular complexity index is 551. The van der Waals surface area contributed by atoms with Crippen LogP contribution in [-0.4, -0.2) is 42.8 Å². The summed E-state index contributed by atoms with van der Waals surface area (Å²) >= 11 is 0. The summed E-state index contributed by atoms with van der Waals surface area (Å²) in [6.07, 6.45) is 0.173. The number of esters is 1. The fraction of sp³-hybridized carbons (Fsp3) is 0.588. The van der Waals surface area contributed by atoms with Gasteiger partial charge < -0.3 is 9.47 Å². The summed E-state index contributed by atoms with van der Waals surface area (Å²) in [5, 5.41) is 1.45. The van der Waals surface area contributed by atoms with Gasteiger partial charge in [0.05, 0.1) is 12.6 Å².